The first kappa shape index (κ1) is 23.5. The molecule has 0 N–H and O–H groups in total. The van der Waals surface area contributed by atoms with Crippen molar-refractivity contribution in [2.45, 2.75) is 26.4 Å². The Kier molecular flexibility index (Phi) is 6.90. The van der Waals surface area contributed by atoms with Gasteiger partial charge in [-0.3, -0.25) is 14.7 Å². The largest absolute Gasteiger partial charge is 0.658 e. The molecule has 1 aliphatic carbocycles. The number of aryl methyl sites for hydroxylation is 1. The highest BCUT2D eigenvalue weighted by atomic mass is 19.4. The first-order valence-electron chi connectivity index (χ1n) is 11.0. The number of ether oxygens (including phenoxy) is 1. The molecule has 2 unspecified atom stereocenters. The average Bonchev–Trinajstić information content (AvgIpc) is 3.19. The minimum atomic E-state index is -4.69. The number of fused-ring (bicyclic) bond motifs is 1. The number of benzene rings is 1. The Hall–Kier alpha value is -2.65. The minimum Gasteiger partial charge on any atom is -0.658 e. The van der Waals surface area contributed by atoms with Crippen LogP contribution in [0.2, 0.25) is 0 Å². The number of hydrogen-bond acceptors (Lipinski definition) is 4. The molecule has 4 rings (SSSR count). The quantitative estimate of drug-likeness (QED) is 0.567. The zero-order chi connectivity index (χ0) is 23.6. The van der Waals surface area contributed by atoms with Crippen molar-refractivity contribution in [3.05, 3.63) is 64.7 Å². The van der Waals surface area contributed by atoms with E-state index in [0.717, 1.165) is 24.3 Å². The number of likely N-dealkylation sites (N-methyl/N-ethyl adjacent to an activating group) is 1. The number of amides is 1. The summed E-state index contributed by atoms with van der Waals surface area (Å²) in [7, 11) is 1.81. The van der Waals surface area contributed by atoms with Crippen molar-refractivity contribution in [3.8, 4) is 5.75 Å². The number of aromatic nitrogens is 1. The lowest BCUT2D eigenvalue weighted by Gasteiger charge is -2.25. The van der Waals surface area contributed by atoms with E-state index < -0.39 is 6.36 Å². The Bertz CT molecular complexity index is 972. The van der Waals surface area contributed by atoms with Crippen LogP contribution >= 0.6 is 0 Å². The predicted molar refractivity (Wildman–Crippen MR) is 117 cm³/mol. The fraction of sp³-hybridized carbons (Fsp3) is 0.500. The van der Waals surface area contributed by atoms with Gasteiger partial charge in [0.15, 0.2) is 0 Å². The second-order valence-electron chi connectivity index (χ2n) is 8.96. The Balaban J connectivity index is 1.16. The van der Waals surface area contributed by atoms with Crippen molar-refractivity contribution in [2.75, 3.05) is 33.2 Å². The van der Waals surface area contributed by atoms with Crippen molar-refractivity contribution in [3.63, 3.8) is 0 Å². The molecule has 0 bridgehead atoms. The van der Waals surface area contributed by atoms with Gasteiger partial charge in [-0.1, -0.05) is 29.7 Å². The van der Waals surface area contributed by atoms with Crippen LogP contribution in [-0.4, -0.2) is 60.3 Å². The van der Waals surface area contributed by atoms with Crippen LogP contribution in [0.4, 0.5) is 13.2 Å². The Morgan fingerprint density at radius 2 is 2.00 bits per heavy atom. The predicted octanol–water partition coefficient (Wildman–Crippen LogP) is 4.00. The van der Waals surface area contributed by atoms with E-state index in [-0.39, 0.29) is 11.7 Å². The lowest BCUT2D eigenvalue weighted by Crippen LogP contribution is -2.38. The molecule has 9 heteroatoms. The van der Waals surface area contributed by atoms with Crippen molar-refractivity contribution >= 4 is 5.91 Å². The van der Waals surface area contributed by atoms with Crippen LogP contribution < -0.4 is 4.74 Å². The SMILES string of the molecule is Cc1cccnc1CN(C)C(=O)CN1CC2C(C[N-]Cc3cccc(OC(F)(F)F)c3)C2C1. The summed E-state index contributed by atoms with van der Waals surface area (Å²) in [6.45, 7) is 5.75. The van der Waals surface area contributed by atoms with Gasteiger partial charge in [-0.2, -0.15) is 0 Å². The summed E-state index contributed by atoms with van der Waals surface area (Å²) in [5, 5.41) is 4.56. The molecular weight excluding hydrogens is 433 g/mol. The molecule has 178 valence electrons. The molecular formula is C24H28F3N4O2-. The van der Waals surface area contributed by atoms with Crippen LogP contribution in [0.25, 0.3) is 5.32 Å². The van der Waals surface area contributed by atoms with E-state index in [1.54, 1.807) is 23.2 Å². The maximum atomic E-state index is 12.6. The summed E-state index contributed by atoms with van der Waals surface area (Å²) in [4.78, 5) is 20.9. The van der Waals surface area contributed by atoms with Gasteiger partial charge >= 0.3 is 6.36 Å². The maximum absolute atomic E-state index is 12.6. The van der Waals surface area contributed by atoms with Crippen LogP contribution in [0, 0.1) is 24.7 Å². The van der Waals surface area contributed by atoms with Crippen molar-refractivity contribution in [1.82, 2.24) is 14.8 Å². The summed E-state index contributed by atoms with van der Waals surface area (Å²) >= 11 is 0. The number of halogens is 3. The lowest BCUT2D eigenvalue weighted by atomic mass is 10.2. The van der Waals surface area contributed by atoms with Gasteiger partial charge < -0.3 is 15.0 Å². The molecule has 1 saturated carbocycles. The zero-order valence-corrected chi connectivity index (χ0v) is 18.8. The molecule has 2 atom stereocenters. The standard InChI is InChI=1S/C24H28F3N4O2/c1-16-5-4-8-29-22(16)14-30(2)23(32)15-31-12-20-19(21(20)13-31)11-28-10-17-6-3-7-18(9-17)33-24(25,26)27/h3-9,19-21H,10-15H2,1-2H3/q-1. The maximum Gasteiger partial charge on any atom is 0.573 e. The second-order valence-corrected chi connectivity index (χ2v) is 8.96. The van der Waals surface area contributed by atoms with E-state index in [4.69, 9.17) is 0 Å². The third-order valence-electron chi connectivity index (χ3n) is 6.50. The summed E-state index contributed by atoms with van der Waals surface area (Å²) in [6.07, 6.45) is -2.95. The van der Waals surface area contributed by atoms with Gasteiger partial charge in [0, 0.05) is 26.3 Å². The molecule has 1 saturated heterocycles. The highest BCUT2D eigenvalue weighted by Gasteiger charge is 2.53. The molecule has 0 spiro atoms. The third-order valence-corrected chi connectivity index (χ3v) is 6.50. The highest BCUT2D eigenvalue weighted by molar-refractivity contribution is 5.78. The molecule has 2 fully saturated rings. The molecule has 1 aromatic heterocycles. The molecule has 33 heavy (non-hydrogen) atoms. The number of carbonyl (C=O) groups is 1. The Morgan fingerprint density at radius 1 is 1.24 bits per heavy atom. The Labute approximate surface area is 191 Å². The second kappa shape index (κ2) is 9.69. The summed E-state index contributed by atoms with van der Waals surface area (Å²) in [5.74, 6) is 1.46. The first-order valence-corrected chi connectivity index (χ1v) is 11.0. The van der Waals surface area contributed by atoms with E-state index >= 15 is 0 Å². The van der Waals surface area contributed by atoms with E-state index in [2.05, 4.69) is 19.9 Å². The van der Waals surface area contributed by atoms with Crippen LogP contribution in [0.5, 0.6) is 5.75 Å². The van der Waals surface area contributed by atoms with Gasteiger partial charge in [0.1, 0.15) is 5.75 Å². The monoisotopic (exact) mass is 461 g/mol. The summed E-state index contributed by atoms with van der Waals surface area (Å²) in [5.41, 5.74) is 2.68. The van der Waals surface area contributed by atoms with Crippen LogP contribution in [0.15, 0.2) is 42.6 Å². The number of alkyl halides is 3. The van der Waals surface area contributed by atoms with Gasteiger partial charge in [0.2, 0.25) is 5.91 Å². The van der Waals surface area contributed by atoms with E-state index in [9.17, 15) is 18.0 Å². The topological polar surface area (TPSA) is 59.8 Å². The van der Waals surface area contributed by atoms with E-state index in [1.807, 2.05) is 26.1 Å². The first-order chi connectivity index (χ1) is 15.7. The van der Waals surface area contributed by atoms with Crippen molar-refractivity contribution < 1.29 is 22.7 Å². The van der Waals surface area contributed by atoms with Gasteiger partial charge in [-0.15, -0.1) is 26.3 Å². The number of likely N-dealkylation sites (tertiary alicyclic amines) is 1. The molecule has 1 amide bonds. The molecule has 0 radical (unpaired) electrons. The fourth-order valence-corrected chi connectivity index (χ4v) is 4.63. The molecule has 1 aliphatic heterocycles. The van der Waals surface area contributed by atoms with E-state index in [1.165, 1.54) is 12.1 Å². The van der Waals surface area contributed by atoms with Crippen molar-refractivity contribution in [2.24, 2.45) is 17.8 Å². The minimum absolute atomic E-state index is 0.0866. The van der Waals surface area contributed by atoms with E-state index in [0.29, 0.717) is 49.5 Å². The smallest absolute Gasteiger partial charge is 0.573 e. The van der Waals surface area contributed by atoms with Gasteiger partial charge in [-0.05, 0) is 42.5 Å². The number of carbonyl (C=O) groups excluding carboxylic acids is 1. The number of pyridine rings is 1. The van der Waals surface area contributed by atoms with Crippen molar-refractivity contribution in [1.29, 1.82) is 0 Å². The summed E-state index contributed by atoms with van der Waals surface area (Å²) < 4.78 is 41.1. The normalized spacial score (nSPS) is 22.2. The molecule has 6 nitrogen and oxygen atoms in total. The number of piperidine rings is 1. The third kappa shape index (κ3) is 6.23. The van der Waals surface area contributed by atoms with Gasteiger partial charge in [0.25, 0.3) is 0 Å². The van der Waals surface area contributed by atoms with Crippen LogP contribution in [0.1, 0.15) is 16.8 Å². The fourth-order valence-electron chi connectivity index (χ4n) is 4.63. The molecule has 2 aromatic rings. The lowest BCUT2D eigenvalue weighted by molar-refractivity contribution is -0.274. The molecule has 2 aliphatic rings. The Morgan fingerprint density at radius 3 is 2.70 bits per heavy atom. The summed E-state index contributed by atoms with van der Waals surface area (Å²) in [6, 6.07) is 9.83. The highest BCUT2D eigenvalue weighted by Crippen LogP contribution is 2.52. The van der Waals surface area contributed by atoms with Crippen LogP contribution in [0.3, 0.4) is 0 Å². The van der Waals surface area contributed by atoms with Gasteiger partial charge in [-0.25, -0.2) is 0 Å². The van der Waals surface area contributed by atoms with Crippen LogP contribution in [-0.2, 0) is 17.9 Å². The average molecular weight is 462 g/mol. The zero-order valence-electron chi connectivity index (χ0n) is 18.8. The number of nitrogens with zero attached hydrogens (tertiary/aromatic N) is 4. The van der Waals surface area contributed by atoms with Gasteiger partial charge in [0.05, 0.1) is 18.8 Å². The number of rotatable bonds is 9. The molecule has 2 heterocycles. The number of hydrogen-bond donors (Lipinski definition) is 0. The molecule has 1 aromatic carbocycles.